The van der Waals surface area contributed by atoms with Gasteiger partial charge >= 0.3 is 0 Å². The number of nitrogens with one attached hydrogen (secondary N) is 2. The first kappa shape index (κ1) is 21.1. The second-order valence-electron chi connectivity index (χ2n) is 7.71. The van der Waals surface area contributed by atoms with Gasteiger partial charge in [-0.05, 0) is 56.2 Å². The Kier molecular flexibility index (Phi) is 6.08. The smallest absolute Gasteiger partial charge is 0.247 e. The lowest BCUT2D eigenvalue weighted by Crippen LogP contribution is -2.48. The predicted octanol–water partition coefficient (Wildman–Crippen LogP) is 3.18. The van der Waals surface area contributed by atoms with Crippen molar-refractivity contribution in [3.8, 4) is 0 Å². The Morgan fingerprint density at radius 2 is 1.71 bits per heavy atom. The first-order chi connectivity index (χ1) is 14.9. The zero-order valence-corrected chi connectivity index (χ0v) is 17.9. The summed E-state index contributed by atoms with van der Waals surface area (Å²) in [7, 11) is 0. The molecule has 0 aromatic heterocycles. The number of fused-ring (bicyclic) bond motifs is 1. The van der Waals surface area contributed by atoms with Gasteiger partial charge in [0.15, 0.2) is 11.0 Å². The van der Waals surface area contributed by atoms with Crippen molar-refractivity contribution in [1.82, 2.24) is 4.90 Å². The minimum Gasteiger partial charge on any atom is -0.341 e. The molecule has 0 spiro atoms. The van der Waals surface area contributed by atoms with Crippen molar-refractivity contribution in [3.05, 3.63) is 54.1 Å². The number of carbonyl (C=O) groups is 4. The molecule has 2 aliphatic rings. The van der Waals surface area contributed by atoms with Crippen LogP contribution in [0.5, 0.6) is 0 Å². The number of piperidine rings is 1. The average Bonchev–Trinajstić information content (AvgIpc) is 2.78. The zero-order valence-electron chi connectivity index (χ0n) is 17.1. The van der Waals surface area contributed by atoms with Gasteiger partial charge in [0.25, 0.3) is 0 Å². The van der Waals surface area contributed by atoms with Gasteiger partial charge in [0.1, 0.15) is 0 Å². The van der Waals surface area contributed by atoms with Gasteiger partial charge in [0.2, 0.25) is 17.7 Å². The first-order valence-electron chi connectivity index (χ1n) is 10.2. The van der Waals surface area contributed by atoms with E-state index in [4.69, 9.17) is 0 Å². The standard InChI is InChI=1S/C23H23N3O4S/c1-14(27)15-6-8-17(9-7-15)24-21(28)16-10-12-26(13-11-16)23(30)20-22(29)25-18-4-2-3-5-19(18)31-20/h2-9,16,20H,10-13H2,1H3,(H,24,28)(H,25,29). The molecule has 31 heavy (non-hydrogen) atoms. The fraction of sp³-hybridized carbons (Fsp3) is 0.304. The van der Waals surface area contributed by atoms with E-state index >= 15 is 0 Å². The number of hydrogen-bond donors (Lipinski definition) is 2. The fourth-order valence-electron chi connectivity index (χ4n) is 3.77. The first-order valence-corrected chi connectivity index (χ1v) is 11.1. The third-order valence-electron chi connectivity index (χ3n) is 5.59. The van der Waals surface area contributed by atoms with Crippen molar-refractivity contribution in [1.29, 1.82) is 0 Å². The molecule has 0 saturated carbocycles. The van der Waals surface area contributed by atoms with E-state index in [1.54, 1.807) is 29.2 Å². The molecule has 8 heteroatoms. The third kappa shape index (κ3) is 4.64. The summed E-state index contributed by atoms with van der Waals surface area (Å²) in [6, 6.07) is 14.2. The topological polar surface area (TPSA) is 95.6 Å². The Morgan fingerprint density at radius 3 is 2.39 bits per heavy atom. The Bertz CT molecular complexity index is 1030. The number of benzene rings is 2. The van der Waals surface area contributed by atoms with E-state index in [1.807, 2.05) is 24.3 Å². The number of amides is 3. The summed E-state index contributed by atoms with van der Waals surface area (Å²) in [5.74, 6) is -0.840. The van der Waals surface area contributed by atoms with E-state index in [2.05, 4.69) is 10.6 Å². The van der Waals surface area contributed by atoms with Crippen molar-refractivity contribution in [2.45, 2.75) is 29.9 Å². The molecule has 3 amide bonds. The minimum absolute atomic E-state index is 0.0248. The molecule has 2 aromatic carbocycles. The summed E-state index contributed by atoms with van der Waals surface area (Å²) in [6.07, 6.45) is 1.08. The van der Waals surface area contributed by atoms with E-state index < -0.39 is 5.25 Å². The van der Waals surface area contributed by atoms with Crippen LogP contribution < -0.4 is 10.6 Å². The highest BCUT2D eigenvalue weighted by molar-refractivity contribution is 8.01. The van der Waals surface area contributed by atoms with Gasteiger partial charge in [-0.25, -0.2) is 0 Å². The van der Waals surface area contributed by atoms with Gasteiger partial charge in [0, 0.05) is 35.2 Å². The van der Waals surface area contributed by atoms with Crippen LogP contribution in [0.4, 0.5) is 11.4 Å². The van der Waals surface area contributed by atoms with Crippen molar-refractivity contribution >= 4 is 46.6 Å². The Hall–Kier alpha value is -3.13. The van der Waals surface area contributed by atoms with Crippen LogP contribution in [0, 0.1) is 5.92 Å². The number of carbonyl (C=O) groups excluding carboxylic acids is 4. The molecule has 1 atom stereocenters. The van der Waals surface area contributed by atoms with Gasteiger partial charge in [-0.3, -0.25) is 19.2 Å². The van der Waals surface area contributed by atoms with Gasteiger partial charge in [-0.1, -0.05) is 12.1 Å². The number of likely N-dealkylation sites (tertiary alicyclic amines) is 1. The Labute approximate surface area is 184 Å². The predicted molar refractivity (Wildman–Crippen MR) is 119 cm³/mol. The van der Waals surface area contributed by atoms with Gasteiger partial charge < -0.3 is 15.5 Å². The van der Waals surface area contributed by atoms with Gasteiger partial charge in [-0.15, -0.1) is 11.8 Å². The van der Waals surface area contributed by atoms with Crippen LogP contribution in [-0.4, -0.2) is 46.7 Å². The van der Waals surface area contributed by atoms with E-state index in [0.29, 0.717) is 37.2 Å². The second-order valence-corrected chi connectivity index (χ2v) is 8.85. The number of rotatable bonds is 4. The van der Waals surface area contributed by atoms with Crippen LogP contribution in [-0.2, 0) is 14.4 Å². The van der Waals surface area contributed by atoms with Gasteiger partial charge in [0.05, 0.1) is 5.69 Å². The highest BCUT2D eigenvalue weighted by atomic mass is 32.2. The summed E-state index contributed by atoms with van der Waals surface area (Å²) in [5, 5.41) is 4.88. The molecular weight excluding hydrogens is 414 g/mol. The molecule has 2 heterocycles. The zero-order chi connectivity index (χ0) is 22.0. The fourth-order valence-corrected chi connectivity index (χ4v) is 4.85. The maximum absolute atomic E-state index is 12.9. The highest BCUT2D eigenvalue weighted by Gasteiger charge is 2.37. The number of nitrogens with zero attached hydrogens (tertiary/aromatic N) is 1. The van der Waals surface area contributed by atoms with Crippen LogP contribution in [0.2, 0.25) is 0 Å². The molecule has 0 radical (unpaired) electrons. The molecule has 2 aromatic rings. The highest BCUT2D eigenvalue weighted by Crippen LogP contribution is 2.36. The molecule has 4 rings (SSSR count). The number of anilines is 2. The van der Waals surface area contributed by atoms with Crippen molar-refractivity contribution in [2.75, 3.05) is 23.7 Å². The Balaban J connectivity index is 1.32. The second kappa shape index (κ2) is 8.93. The van der Waals surface area contributed by atoms with Gasteiger partial charge in [-0.2, -0.15) is 0 Å². The quantitative estimate of drug-likeness (QED) is 0.566. The van der Waals surface area contributed by atoms with Crippen molar-refractivity contribution in [3.63, 3.8) is 0 Å². The minimum atomic E-state index is -0.805. The Morgan fingerprint density at radius 1 is 1.03 bits per heavy atom. The molecule has 0 aliphatic carbocycles. The SMILES string of the molecule is CC(=O)c1ccc(NC(=O)C2CCN(C(=O)C3Sc4ccccc4NC3=O)CC2)cc1. The number of hydrogen-bond acceptors (Lipinski definition) is 5. The number of ketones is 1. The summed E-state index contributed by atoms with van der Waals surface area (Å²) >= 11 is 1.27. The summed E-state index contributed by atoms with van der Waals surface area (Å²) < 4.78 is 0. The lowest BCUT2D eigenvalue weighted by molar-refractivity contribution is -0.136. The summed E-state index contributed by atoms with van der Waals surface area (Å²) in [5.41, 5.74) is 1.97. The third-order valence-corrected chi connectivity index (χ3v) is 6.85. The molecular formula is C23H23N3O4S. The van der Waals surface area contributed by atoms with Crippen LogP contribution >= 0.6 is 11.8 Å². The number of para-hydroxylation sites is 1. The van der Waals surface area contributed by atoms with Crippen molar-refractivity contribution < 1.29 is 19.2 Å². The maximum atomic E-state index is 12.9. The number of thioether (sulfide) groups is 1. The summed E-state index contributed by atoms with van der Waals surface area (Å²) in [6.45, 7) is 2.37. The van der Waals surface area contributed by atoms with E-state index in [1.165, 1.54) is 18.7 Å². The maximum Gasteiger partial charge on any atom is 0.247 e. The molecule has 7 nitrogen and oxygen atoms in total. The van der Waals surface area contributed by atoms with Crippen LogP contribution in [0.15, 0.2) is 53.4 Å². The lowest BCUT2D eigenvalue weighted by Gasteiger charge is -2.34. The lowest BCUT2D eigenvalue weighted by atomic mass is 9.95. The van der Waals surface area contributed by atoms with Crippen LogP contribution in [0.3, 0.4) is 0 Å². The van der Waals surface area contributed by atoms with Crippen molar-refractivity contribution in [2.24, 2.45) is 5.92 Å². The summed E-state index contributed by atoms with van der Waals surface area (Å²) in [4.78, 5) is 51.9. The normalized spacial score (nSPS) is 18.7. The number of Topliss-reactive ketones (excluding diaryl/α,β-unsaturated/α-hetero) is 1. The molecule has 1 unspecified atom stereocenters. The monoisotopic (exact) mass is 437 g/mol. The molecule has 1 saturated heterocycles. The van der Waals surface area contributed by atoms with E-state index in [-0.39, 0.29) is 29.4 Å². The van der Waals surface area contributed by atoms with E-state index in [9.17, 15) is 19.2 Å². The molecule has 0 bridgehead atoms. The average molecular weight is 438 g/mol. The van der Waals surface area contributed by atoms with Crippen LogP contribution in [0.25, 0.3) is 0 Å². The largest absolute Gasteiger partial charge is 0.341 e. The van der Waals surface area contributed by atoms with Crippen LogP contribution in [0.1, 0.15) is 30.1 Å². The molecule has 1 fully saturated rings. The molecule has 2 aliphatic heterocycles. The van der Waals surface area contributed by atoms with E-state index in [0.717, 1.165) is 10.6 Å². The molecule has 160 valence electrons. The molecule has 2 N–H and O–H groups in total.